The largest absolute Gasteiger partial charge is 0.0842 e. The van der Waals surface area contributed by atoms with E-state index >= 15 is 0 Å². The number of rotatable bonds is 4. The van der Waals surface area contributed by atoms with E-state index in [0.717, 1.165) is 6.42 Å². The van der Waals surface area contributed by atoms with Gasteiger partial charge in [-0.3, -0.25) is 0 Å². The standard InChI is InChI=1S/C23H30/c1-3-8-19-9-7-12-23(17-19)18(2)20-13-15-22(16-14-20)21-10-5-4-6-11-21/h4-5,9-10,15,17H,3,6-8,11-14,16H2,1-2H3. The van der Waals surface area contributed by atoms with Crippen LogP contribution in [-0.4, -0.2) is 0 Å². The highest BCUT2D eigenvalue weighted by atomic mass is 14.2. The minimum absolute atomic E-state index is 1.16. The molecule has 0 bridgehead atoms. The van der Waals surface area contributed by atoms with E-state index in [2.05, 4.69) is 50.3 Å². The predicted octanol–water partition coefficient (Wildman–Crippen LogP) is 7.14. The molecule has 0 aromatic heterocycles. The van der Waals surface area contributed by atoms with E-state index in [9.17, 15) is 0 Å². The Labute approximate surface area is 142 Å². The van der Waals surface area contributed by atoms with Crippen molar-refractivity contribution in [2.75, 3.05) is 0 Å². The monoisotopic (exact) mass is 306 g/mol. The predicted molar refractivity (Wildman–Crippen MR) is 101 cm³/mol. The van der Waals surface area contributed by atoms with E-state index in [4.69, 9.17) is 0 Å². The summed E-state index contributed by atoms with van der Waals surface area (Å²) in [6.45, 7) is 4.63. The maximum atomic E-state index is 2.50. The maximum absolute atomic E-state index is 2.50. The molecule has 0 atom stereocenters. The molecule has 0 heteroatoms. The Morgan fingerprint density at radius 3 is 2.61 bits per heavy atom. The molecule has 0 aliphatic heterocycles. The first-order chi connectivity index (χ1) is 11.3. The van der Waals surface area contributed by atoms with Crippen molar-refractivity contribution in [1.82, 2.24) is 0 Å². The maximum Gasteiger partial charge on any atom is -0.0127 e. The van der Waals surface area contributed by atoms with Crippen LogP contribution >= 0.6 is 0 Å². The van der Waals surface area contributed by atoms with E-state index in [1.54, 1.807) is 33.4 Å². The van der Waals surface area contributed by atoms with Crippen molar-refractivity contribution in [3.8, 4) is 0 Å². The second-order valence-electron chi connectivity index (χ2n) is 7.06. The molecule has 0 amide bonds. The summed E-state index contributed by atoms with van der Waals surface area (Å²) in [6.07, 6.45) is 25.3. The third kappa shape index (κ3) is 4.05. The Morgan fingerprint density at radius 1 is 1.00 bits per heavy atom. The molecule has 23 heavy (non-hydrogen) atoms. The summed E-state index contributed by atoms with van der Waals surface area (Å²) >= 11 is 0. The van der Waals surface area contributed by atoms with Crippen LogP contribution in [-0.2, 0) is 0 Å². The molecule has 0 radical (unpaired) electrons. The molecular weight excluding hydrogens is 276 g/mol. The fourth-order valence-electron chi connectivity index (χ4n) is 3.99. The summed E-state index contributed by atoms with van der Waals surface area (Å²) in [5.74, 6) is 0. The Kier molecular flexibility index (Phi) is 5.54. The van der Waals surface area contributed by atoms with Crippen LogP contribution in [0.4, 0.5) is 0 Å². The highest BCUT2D eigenvalue weighted by molar-refractivity contribution is 5.45. The van der Waals surface area contributed by atoms with Crippen LogP contribution in [0.25, 0.3) is 0 Å². The highest BCUT2D eigenvalue weighted by Gasteiger charge is 2.16. The quantitative estimate of drug-likeness (QED) is 0.518. The molecule has 0 nitrogen and oxygen atoms in total. The van der Waals surface area contributed by atoms with E-state index in [-0.39, 0.29) is 0 Å². The van der Waals surface area contributed by atoms with E-state index < -0.39 is 0 Å². The Balaban J connectivity index is 1.73. The van der Waals surface area contributed by atoms with Crippen molar-refractivity contribution >= 4 is 0 Å². The van der Waals surface area contributed by atoms with Gasteiger partial charge in [-0.1, -0.05) is 60.9 Å². The molecular formula is C23H30. The summed E-state index contributed by atoms with van der Waals surface area (Å²) in [5.41, 5.74) is 9.59. The van der Waals surface area contributed by atoms with Gasteiger partial charge in [0.15, 0.2) is 0 Å². The first-order valence-corrected chi connectivity index (χ1v) is 9.41. The summed E-state index contributed by atoms with van der Waals surface area (Å²) in [6, 6.07) is 0. The van der Waals surface area contributed by atoms with Gasteiger partial charge in [-0.05, 0) is 80.6 Å². The third-order valence-electron chi connectivity index (χ3n) is 5.45. The van der Waals surface area contributed by atoms with Crippen LogP contribution < -0.4 is 0 Å². The SMILES string of the molecule is CCCC1=CCCC(C(C)=C2CC=C(C3=CC=CCC3)CC2)=C1. The molecule has 0 N–H and O–H groups in total. The zero-order valence-electron chi connectivity index (χ0n) is 14.8. The van der Waals surface area contributed by atoms with Gasteiger partial charge in [0.05, 0.1) is 0 Å². The Hall–Kier alpha value is -1.56. The topological polar surface area (TPSA) is 0 Å². The smallest absolute Gasteiger partial charge is 0.0127 e. The van der Waals surface area contributed by atoms with Gasteiger partial charge < -0.3 is 0 Å². The second-order valence-corrected chi connectivity index (χ2v) is 7.06. The Morgan fingerprint density at radius 2 is 1.91 bits per heavy atom. The summed E-state index contributed by atoms with van der Waals surface area (Å²) in [4.78, 5) is 0. The zero-order valence-corrected chi connectivity index (χ0v) is 14.8. The lowest BCUT2D eigenvalue weighted by Gasteiger charge is -2.23. The fourth-order valence-corrected chi connectivity index (χ4v) is 3.99. The normalized spacial score (nSPS) is 23.7. The molecule has 3 aliphatic carbocycles. The summed E-state index contributed by atoms with van der Waals surface area (Å²) < 4.78 is 0. The molecule has 3 aliphatic rings. The minimum atomic E-state index is 1.16. The van der Waals surface area contributed by atoms with Crippen LogP contribution in [0.15, 0.2) is 69.9 Å². The van der Waals surface area contributed by atoms with Crippen molar-refractivity contribution in [2.24, 2.45) is 0 Å². The van der Waals surface area contributed by atoms with Crippen LogP contribution in [0.2, 0.25) is 0 Å². The molecule has 0 saturated heterocycles. The number of hydrogen-bond acceptors (Lipinski definition) is 0. The van der Waals surface area contributed by atoms with Crippen molar-refractivity contribution < 1.29 is 0 Å². The molecule has 3 rings (SSSR count). The lowest BCUT2D eigenvalue weighted by atomic mass is 9.83. The van der Waals surface area contributed by atoms with Gasteiger partial charge in [-0.15, -0.1) is 0 Å². The lowest BCUT2D eigenvalue weighted by molar-refractivity contribution is 0.809. The average molecular weight is 306 g/mol. The minimum Gasteiger partial charge on any atom is -0.0842 e. The summed E-state index contributed by atoms with van der Waals surface area (Å²) in [7, 11) is 0. The van der Waals surface area contributed by atoms with Crippen molar-refractivity contribution in [1.29, 1.82) is 0 Å². The van der Waals surface area contributed by atoms with Crippen molar-refractivity contribution in [3.05, 3.63) is 69.9 Å². The van der Waals surface area contributed by atoms with Gasteiger partial charge in [-0.2, -0.15) is 0 Å². The van der Waals surface area contributed by atoms with Crippen molar-refractivity contribution in [2.45, 2.75) is 71.6 Å². The van der Waals surface area contributed by atoms with E-state index in [1.807, 2.05) is 0 Å². The molecule has 0 spiro atoms. The fraction of sp³-hybridized carbons (Fsp3) is 0.478. The molecule has 0 aromatic carbocycles. The van der Waals surface area contributed by atoms with Crippen LogP contribution in [0.3, 0.4) is 0 Å². The van der Waals surface area contributed by atoms with Crippen LogP contribution in [0.1, 0.15) is 71.6 Å². The second kappa shape index (κ2) is 7.81. The Bertz CT molecular complexity index is 629. The van der Waals surface area contributed by atoms with Gasteiger partial charge in [0.25, 0.3) is 0 Å². The number of allylic oxidation sites excluding steroid dienone is 12. The molecule has 122 valence electrons. The molecule has 0 saturated carbocycles. The van der Waals surface area contributed by atoms with Crippen LogP contribution in [0, 0.1) is 0 Å². The first kappa shape index (κ1) is 16.3. The van der Waals surface area contributed by atoms with Gasteiger partial charge in [0.2, 0.25) is 0 Å². The molecule has 0 aromatic rings. The molecule has 0 unspecified atom stereocenters. The first-order valence-electron chi connectivity index (χ1n) is 9.41. The zero-order chi connectivity index (χ0) is 16.1. The van der Waals surface area contributed by atoms with E-state index in [1.165, 1.54) is 51.4 Å². The third-order valence-corrected chi connectivity index (χ3v) is 5.45. The van der Waals surface area contributed by atoms with Gasteiger partial charge in [-0.25, -0.2) is 0 Å². The van der Waals surface area contributed by atoms with Gasteiger partial charge >= 0.3 is 0 Å². The van der Waals surface area contributed by atoms with Crippen LogP contribution in [0.5, 0.6) is 0 Å². The number of hydrogen-bond donors (Lipinski definition) is 0. The molecule has 0 fully saturated rings. The van der Waals surface area contributed by atoms with Gasteiger partial charge in [0, 0.05) is 0 Å². The van der Waals surface area contributed by atoms with Gasteiger partial charge in [0.1, 0.15) is 0 Å². The molecule has 0 heterocycles. The van der Waals surface area contributed by atoms with E-state index in [0.29, 0.717) is 0 Å². The average Bonchev–Trinajstić information content (AvgIpc) is 2.62. The lowest BCUT2D eigenvalue weighted by Crippen LogP contribution is -2.03. The van der Waals surface area contributed by atoms with Crippen molar-refractivity contribution in [3.63, 3.8) is 0 Å². The highest BCUT2D eigenvalue weighted by Crippen LogP contribution is 2.35. The summed E-state index contributed by atoms with van der Waals surface area (Å²) in [5, 5.41) is 0.